The first-order valence-corrected chi connectivity index (χ1v) is 8.23. The van der Waals surface area contributed by atoms with Gasteiger partial charge in [-0.15, -0.1) is 0 Å². The molecule has 0 aromatic carbocycles. The lowest BCUT2D eigenvalue weighted by atomic mass is 9.77. The van der Waals surface area contributed by atoms with Gasteiger partial charge < -0.3 is 15.2 Å². The largest absolute Gasteiger partial charge is 0.378 e. The topological polar surface area (TPSA) is 44.5 Å². The highest BCUT2D eigenvalue weighted by Crippen LogP contribution is 2.35. The summed E-state index contributed by atoms with van der Waals surface area (Å²) in [6.07, 6.45) is 11.4. The molecule has 0 amide bonds. The highest BCUT2D eigenvalue weighted by molar-refractivity contribution is 4.88. The molecular weight excluding hydrogens is 238 g/mol. The van der Waals surface area contributed by atoms with Gasteiger partial charge in [0.2, 0.25) is 0 Å². The van der Waals surface area contributed by atoms with Crippen molar-refractivity contribution in [3.05, 3.63) is 0 Å². The summed E-state index contributed by atoms with van der Waals surface area (Å²) in [7, 11) is 0. The van der Waals surface area contributed by atoms with Crippen LogP contribution in [0.2, 0.25) is 0 Å². The fourth-order valence-corrected chi connectivity index (χ4v) is 3.49. The van der Waals surface area contributed by atoms with Gasteiger partial charge in [0.15, 0.2) is 0 Å². The van der Waals surface area contributed by atoms with Crippen LogP contribution in [0.1, 0.15) is 64.7 Å². The zero-order valence-corrected chi connectivity index (χ0v) is 12.5. The molecule has 0 aromatic rings. The fourth-order valence-electron chi connectivity index (χ4n) is 3.49. The Morgan fingerprint density at radius 2 is 2.05 bits per heavy atom. The van der Waals surface area contributed by atoms with E-state index in [-0.39, 0.29) is 5.60 Å². The third-order valence-electron chi connectivity index (χ3n) is 5.07. The van der Waals surface area contributed by atoms with Crippen molar-refractivity contribution in [2.75, 3.05) is 19.8 Å². The van der Waals surface area contributed by atoms with Gasteiger partial charge in [0.1, 0.15) is 0 Å². The molecule has 2 fully saturated rings. The van der Waals surface area contributed by atoms with Gasteiger partial charge in [-0.2, -0.15) is 0 Å². The maximum absolute atomic E-state index is 6.19. The predicted octanol–water partition coefficient (Wildman–Crippen LogP) is 3.26. The van der Waals surface area contributed by atoms with E-state index in [1.54, 1.807) is 0 Å². The van der Waals surface area contributed by atoms with Crippen LogP contribution in [0, 0.1) is 5.92 Å². The van der Waals surface area contributed by atoms with Crippen molar-refractivity contribution in [3.8, 4) is 0 Å². The number of ether oxygens (including phenoxy) is 2. The quantitative estimate of drug-likeness (QED) is 0.721. The fraction of sp³-hybridized carbons (Fsp3) is 1.00. The molecule has 2 N–H and O–H groups in total. The van der Waals surface area contributed by atoms with Crippen LogP contribution in [0.25, 0.3) is 0 Å². The molecule has 2 aliphatic rings. The zero-order chi connectivity index (χ0) is 13.6. The summed E-state index contributed by atoms with van der Waals surface area (Å²) in [5, 5.41) is 0. The summed E-state index contributed by atoms with van der Waals surface area (Å²) in [5.41, 5.74) is 5.97. The molecule has 0 bridgehead atoms. The van der Waals surface area contributed by atoms with Crippen LogP contribution in [-0.2, 0) is 9.47 Å². The Kier molecular flexibility index (Phi) is 6.11. The third kappa shape index (κ3) is 4.44. The van der Waals surface area contributed by atoms with E-state index in [9.17, 15) is 0 Å². The molecule has 3 nitrogen and oxygen atoms in total. The lowest BCUT2D eigenvalue weighted by molar-refractivity contribution is -0.0745. The van der Waals surface area contributed by atoms with Crippen LogP contribution in [0.4, 0.5) is 0 Å². The highest BCUT2D eigenvalue weighted by atomic mass is 16.5. The van der Waals surface area contributed by atoms with Crippen molar-refractivity contribution in [2.45, 2.75) is 76.4 Å². The molecule has 0 aromatic heterocycles. The van der Waals surface area contributed by atoms with Gasteiger partial charge in [0, 0.05) is 19.8 Å². The summed E-state index contributed by atoms with van der Waals surface area (Å²) < 4.78 is 11.8. The number of hydrogen-bond donors (Lipinski definition) is 1. The molecule has 112 valence electrons. The molecule has 19 heavy (non-hydrogen) atoms. The van der Waals surface area contributed by atoms with Crippen LogP contribution in [0.15, 0.2) is 0 Å². The van der Waals surface area contributed by atoms with Crippen LogP contribution < -0.4 is 5.73 Å². The Morgan fingerprint density at radius 3 is 2.63 bits per heavy atom. The Labute approximate surface area is 118 Å². The van der Waals surface area contributed by atoms with Crippen molar-refractivity contribution in [3.63, 3.8) is 0 Å². The lowest BCUT2D eigenvalue weighted by Gasteiger charge is -2.39. The summed E-state index contributed by atoms with van der Waals surface area (Å²) >= 11 is 0. The molecular formula is C16H31NO2. The zero-order valence-electron chi connectivity index (χ0n) is 12.5. The predicted molar refractivity (Wildman–Crippen MR) is 78.2 cm³/mol. The SMILES string of the molecule is CCC1CCC(CN)(OCCCC2CCCO2)CC1. The van der Waals surface area contributed by atoms with Gasteiger partial charge in [-0.25, -0.2) is 0 Å². The van der Waals surface area contributed by atoms with Crippen LogP contribution in [0.5, 0.6) is 0 Å². The normalized spacial score (nSPS) is 35.7. The molecule has 1 heterocycles. The van der Waals surface area contributed by atoms with Crippen LogP contribution >= 0.6 is 0 Å². The molecule has 1 aliphatic carbocycles. The number of hydrogen-bond acceptors (Lipinski definition) is 3. The van der Waals surface area contributed by atoms with E-state index in [0.29, 0.717) is 12.6 Å². The second-order valence-corrected chi connectivity index (χ2v) is 6.36. The first-order valence-electron chi connectivity index (χ1n) is 8.23. The van der Waals surface area contributed by atoms with E-state index in [1.807, 2.05) is 0 Å². The van der Waals surface area contributed by atoms with E-state index in [1.165, 1.54) is 32.1 Å². The van der Waals surface area contributed by atoms with E-state index in [4.69, 9.17) is 15.2 Å². The molecule has 1 saturated carbocycles. The van der Waals surface area contributed by atoms with E-state index >= 15 is 0 Å². The average Bonchev–Trinajstić information content (AvgIpc) is 2.97. The molecule has 1 saturated heterocycles. The highest BCUT2D eigenvalue weighted by Gasteiger charge is 2.34. The van der Waals surface area contributed by atoms with Crippen LogP contribution in [-0.4, -0.2) is 31.5 Å². The first-order chi connectivity index (χ1) is 9.28. The molecule has 1 unspecified atom stereocenters. The van der Waals surface area contributed by atoms with Crippen molar-refractivity contribution < 1.29 is 9.47 Å². The molecule has 1 atom stereocenters. The Morgan fingerprint density at radius 1 is 1.26 bits per heavy atom. The summed E-state index contributed by atoms with van der Waals surface area (Å²) in [5.74, 6) is 0.898. The number of rotatable bonds is 7. The monoisotopic (exact) mass is 269 g/mol. The Bertz CT molecular complexity index is 243. The van der Waals surface area contributed by atoms with Crippen molar-refractivity contribution in [1.29, 1.82) is 0 Å². The maximum atomic E-state index is 6.19. The second-order valence-electron chi connectivity index (χ2n) is 6.36. The van der Waals surface area contributed by atoms with Crippen molar-refractivity contribution in [1.82, 2.24) is 0 Å². The van der Waals surface area contributed by atoms with Crippen molar-refractivity contribution >= 4 is 0 Å². The minimum absolute atomic E-state index is 0.0117. The Balaban J connectivity index is 1.64. The number of nitrogens with two attached hydrogens (primary N) is 1. The van der Waals surface area contributed by atoms with Gasteiger partial charge in [0.05, 0.1) is 11.7 Å². The van der Waals surface area contributed by atoms with Gasteiger partial charge >= 0.3 is 0 Å². The minimum Gasteiger partial charge on any atom is -0.378 e. The molecule has 0 spiro atoms. The van der Waals surface area contributed by atoms with E-state index < -0.39 is 0 Å². The summed E-state index contributed by atoms with van der Waals surface area (Å²) in [4.78, 5) is 0. The second kappa shape index (κ2) is 7.61. The maximum Gasteiger partial charge on any atom is 0.0804 e. The van der Waals surface area contributed by atoms with Gasteiger partial charge in [-0.3, -0.25) is 0 Å². The van der Waals surface area contributed by atoms with Gasteiger partial charge in [0.25, 0.3) is 0 Å². The average molecular weight is 269 g/mol. The lowest BCUT2D eigenvalue weighted by Crippen LogP contribution is -2.44. The smallest absolute Gasteiger partial charge is 0.0804 e. The van der Waals surface area contributed by atoms with Crippen LogP contribution in [0.3, 0.4) is 0 Å². The standard InChI is InChI=1S/C16H31NO2/c1-2-14-7-9-16(13-17,10-8-14)19-12-4-6-15-5-3-11-18-15/h14-15H,2-13,17H2,1H3. The van der Waals surface area contributed by atoms with E-state index in [2.05, 4.69) is 6.92 Å². The van der Waals surface area contributed by atoms with Gasteiger partial charge in [-0.05, 0) is 57.3 Å². The molecule has 0 radical (unpaired) electrons. The van der Waals surface area contributed by atoms with Crippen molar-refractivity contribution in [2.24, 2.45) is 11.7 Å². The Hall–Kier alpha value is -0.120. The summed E-state index contributed by atoms with van der Waals surface area (Å²) in [6.45, 7) is 4.79. The van der Waals surface area contributed by atoms with Gasteiger partial charge in [-0.1, -0.05) is 13.3 Å². The minimum atomic E-state index is -0.0117. The molecule has 1 aliphatic heterocycles. The first kappa shape index (κ1) is 15.3. The third-order valence-corrected chi connectivity index (χ3v) is 5.07. The molecule has 2 rings (SSSR count). The summed E-state index contributed by atoms with van der Waals surface area (Å²) in [6, 6.07) is 0. The van der Waals surface area contributed by atoms with E-state index in [0.717, 1.165) is 44.8 Å². The molecule has 3 heteroatoms.